The van der Waals surface area contributed by atoms with Gasteiger partial charge in [0, 0.05) is 35.9 Å². The third kappa shape index (κ3) is 3.91. The third-order valence-electron chi connectivity index (χ3n) is 7.14. The van der Waals surface area contributed by atoms with E-state index in [1.54, 1.807) is 6.07 Å². The number of aromatic nitrogens is 1. The maximum absolute atomic E-state index is 14.6. The lowest BCUT2D eigenvalue weighted by Crippen LogP contribution is -2.23. The van der Waals surface area contributed by atoms with Crippen LogP contribution in [-0.2, 0) is 6.42 Å². The van der Waals surface area contributed by atoms with Crippen molar-refractivity contribution < 1.29 is 4.39 Å². The Morgan fingerprint density at radius 3 is 2.79 bits per heavy atom. The van der Waals surface area contributed by atoms with Crippen LogP contribution in [0.5, 0.6) is 0 Å². The number of unbranched alkanes of at least 4 members (excludes halogenated alkanes) is 1. The fourth-order valence-electron chi connectivity index (χ4n) is 5.24. The van der Waals surface area contributed by atoms with E-state index in [0.29, 0.717) is 29.0 Å². The van der Waals surface area contributed by atoms with Crippen LogP contribution in [0.25, 0.3) is 33.1 Å². The average molecular weight is 455 g/mol. The summed E-state index contributed by atoms with van der Waals surface area (Å²) in [5.41, 5.74) is 4.72. The highest BCUT2D eigenvalue weighted by Gasteiger charge is 2.23. The van der Waals surface area contributed by atoms with Crippen molar-refractivity contribution in [2.45, 2.75) is 46.0 Å². The van der Waals surface area contributed by atoms with Crippen molar-refractivity contribution in [3.63, 3.8) is 0 Å². The normalized spacial score (nSPS) is 13.1. The van der Waals surface area contributed by atoms with Crippen molar-refractivity contribution >= 4 is 27.4 Å². The number of nitrogens with zero attached hydrogens (tertiary/aromatic N) is 1. The number of halogens is 1. The lowest BCUT2D eigenvalue weighted by molar-refractivity contribution is 0.468. The zero-order chi connectivity index (χ0) is 23.8. The van der Waals surface area contributed by atoms with Crippen molar-refractivity contribution in [3.05, 3.63) is 94.0 Å². The molecular weight excluding hydrogens is 423 g/mol. The van der Waals surface area contributed by atoms with E-state index in [1.807, 2.05) is 18.3 Å². The van der Waals surface area contributed by atoms with Crippen LogP contribution in [-0.4, -0.2) is 11.1 Å². The molecule has 3 aromatic carbocycles. The Hall–Kier alpha value is -3.40. The van der Waals surface area contributed by atoms with E-state index in [-0.39, 0.29) is 11.2 Å². The predicted molar refractivity (Wildman–Crippen MR) is 140 cm³/mol. The van der Waals surface area contributed by atoms with Gasteiger partial charge in [-0.05, 0) is 52.4 Å². The molecule has 5 rings (SSSR count). The van der Waals surface area contributed by atoms with Crippen molar-refractivity contribution in [1.29, 1.82) is 0 Å². The Morgan fingerprint density at radius 1 is 1.15 bits per heavy atom. The fourth-order valence-corrected chi connectivity index (χ4v) is 5.24. The molecule has 0 aliphatic carbocycles. The molecule has 34 heavy (non-hydrogen) atoms. The summed E-state index contributed by atoms with van der Waals surface area (Å²) in [5, 5.41) is 6.08. The van der Waals surface area contributed by atoms with Crippen LogP contribution in [0.2, 0.25) is 0 Å². The molecule has 2 heterocycles. The highest BCUT2D eigenvalue weighted by Crippen LogP contribution is 2.36. The smallest absolute Gasteiger partial charge is 0.198 e. The molecule has 1 atom stereocenters. The summed E-state index contributed by atoms with van der Waals surface area (Å²) in [5.74, 6) is 0.242. The Balaban J connectivity index is 1.58. The van der Waals surface area contributed by atoms with Gasteiger partial charge in [0.1, 0.15) is 5.82 Å². The summed E-state index contributed by atoms with van der Waals surface area (Å²) in [4.78, 5) is 13.4. The van der Waals surface area contributed by atoms with Crippen molar-refractivity contribution in [3.8, 4) is 5.69 Å². The molecule has 1 aromatic heterocycles. The SMILES string of the molecule is C=C(NCCC(C)CCCC)c1cn2c3c(cc(F)cc3c1=O)Cc1c-2ccc2ccccc12. The summed E-state index contributed by atoms with van der Waals surface area (Å²) in [7, 11) is 0. The number of rotatable bonds is 8. The van der Waals surface area contributed by atoms with Crippen LogP contribution >= 0.6 is 0 Å². The molecule has 1 aliphatic rings. The Labute approximate surface area is 199 Å². The van der Waals surface area contributed by atoms with Gasteiger partial charge in [-0.2, -0.15) is 0 Å². The summed E-state index contributed by atoms with van der Waals surface area (Å²) in [6, 6.07) is 15.4. The third-order valence-corrected chi connectivity index (χ3v) is 7.14. The molecule has 174 valence electrons. The van der Waals surface area contributed by atoms with E-state index in [9.17, 15) is 9.18 Å². The first-order chi connectivity index (χ1) is 16.5. The number of pyridine rings is 1. The first-order valence-electron chi connectivity index (χ1n) is 12.3. The number of fused-ring (bicyclic) bond motifs is 4. The molecule has 0 radical (unpaired) electrons. The first kappa shape index (κ1) is 22.4. The molecule has 0 amide bonds. The van der Waals surface area contributed by atoms with E-state index in [4.69, 9.17) is 0 Å². The van der Waals surface area contributed by atoms with Gasteiger partial charge >= 0.3 is 0 Å². The van der Waals surface area contributed by atoms with Gasteiger partial charge in [0.15, 0.2) is 5.43 Å². The minimum atomic E-state index is -0.379. The molecule has 0 saturated carbocycles. The Bertz CT molecular complexity index is 1470. The van der Waals surface area contributed by atoms with Gasteiger partial charge in [0.05, 0.1) is 11.1 Å². The lowest BCUT2D eigenvalue weighted by atomic mass is 9.91. The molecule has 4 aromatic rings. The van der Waals surface area contributed by atoms with Gasteiger partial charge in [-0.1, -0.05) is 70.0 Å². The molecule has 1 aliphatic heterocycles. The van der Waals surface area contributed by atoms with Gasteiger partial charge in [0.25, 0.3) is 0 Å². The average Bonchev–Trinajstić information content (AvgIpc) is 2.83. The molecule has 4 heteroatoms. The van der Waals surface area contributed by atoms with Crippen LogP contribution in [0.15, 0.2) is 66.1 Å². The molecule has 1 unspecified atom stereocenters. The second kappa shape index (κ2) is 9.09. The molecule has 3 nitrogen and oxygen atoms in total. The van der Waals surface area contributed by atoms with Crippen LogP contribution in [0.3, 0.4) is 0 Å². The number of hydrogen-bond acceptors (Lipinski definition) is 2. The Morgan fingerprint density at radius 2 is 1.97 bits per heavy atom. The zero-order valence-corrected chi connectivity index (χ0v) is 20.0. The molecule has 0 spiro atoms. The number of nitrogens with one attached hydrogen (secondary N) is 1. The van der Waals surface area contributed by atoms with Crippen molar-refractivity contribution in [2.75, 3.05) is 6.54 Å². The van der Waals surface area contributed by atoms with Crippen LogP contribution in [0.4, 0.5) is 4.39 Å². The summed E-state index contributed by atoms with van der Waals surface area (Å²) >= 11 is 0. The summed E-state index contributed by atoms with van der Waals surface area (Å²) in [6.07, 6.45) is 7.15. The van der Waals surface area contributed by atoms with E-state index in [1.165, 1.54) is 25.3 Å². The number of benzene rings is 3. The van der Waals surface area contributed by atoms with Crippen molar-refractivity contribution in [1.82, 2.24) is 9.88 Å². The predicted octanol–water partition coefficient (Wildman–Crippen LogP) is 6.96. The van der Waals surface area contributed by atoms with Gasteiger partial charge in [0.2, 0.25) is 0 Å². The monoisotopic (exact) mass is 454 g/mol. The second-order valence-electron chi connectivity index (χ2n) is 9.61. The quantitative estimate of drug-likeness (QED) is 0.275. The van der Waals surface area contributed by atoms with Gasteiger partial charge < -0.3 is 9.88 Å². The van der Waals surface area contributed by atoms with Gasteiger partial charge in [-0.15, -0.1) is 0 Å². The van der Waals surface area contributed by atoms with Crippen LogP contribution in [0.1, 0.15) is 56.2 Å². The highest BCUT2D eigenvalue weighted by molar-refractivity contribution is 5.94. The molecular formula is C30H31FN2O. The topological polar surface area (TPSA) is 34.0 Å². The second-order valence-corrected chi connectivity index (χ2v) is 9.61. The van der Waals surface area contributed by atoms with Gasteiger partial charge in [-0.3, -0.25) is 4.79 Å². The summed E-state index contributed by atoms with van der Waals surface area (Å²) < 4.78 is 16.7. The minimum absolute atomic E-state index is 0.173. The molecule has 0 bridgehead atoms. The molecule has 1 N–H and O–H groups in total. The fraction of sp³-hybridized carbons (Fsp3) is 0.300. The maximum atomic E-state index is 14.6. The largest absolute Gasteiger partial charge is 0.385 e. The summed E-state index contributed by atoms with van der Waals surface area (Å²) in [6.45, 7) is 9.41. The maximum Gasteiger partial charge on any atom is 0.198 e. The lowest BCUT2D eigenvalue weighted by Gasteiger charge is -2.26. The molecule has 0 saturated heterocycles. The highest BCUT2D eigenvalue weighted by atomic mass is 19.1. The number of hydrogen-bond donors (Lipinski definition) is 1. The van der Waals surface area contributed by atoms with Crippen molar-refractivity contribution in [2.24, 2.45) is 5.92 Å². The van der Waals surface area contributed by atoms with E-state index < -0.39 is 0 Å². The Kier molecular flexibility index (Phi) is 5.99. The van der Waals surface area contributed by atoms with E-state index in [0.717, 1.165) is 46.1 Å². The zero-order valence-electron chi connectivity index (χ0n) is 20.0. The van der Waals surface area contributed by atoms with Crippen LogP contribution in [0, 0.1) is 11.7 Å². The minimum Gasteiger partial charge on any atom is -0.385 e. The first-order valence-corrected chi connectivity index (χ1v) is 12.3. The molecule has 0 fully saturated rings. The van der Waals surface area contributed by atoms with E-state index >= 15 is 0 Å². The standard InChI is InChI=1S/C30H31FN2O/c1-4-5-8-19(2)13-14-32-20(3)27-18-33-28-12-11-21-9-6-7-10-24(21)25(28)16-22-15-23(31)17-26(29(22)33)30(27)34/h6-7,9-12,15,17-19,32H,3-5,8,13-14,16H2,1-2H3. The van der Waals surface area contributed by atoms with Crippen LogP contribution < -0.4 is 10.7 Å². The van der Waals surface area contributed by atoms with Gasteiger partial charge in [-0.25, -0.2) is 4.39 Å². The van der Waals surface area contributed by atoms with E-state index in [2.05, 4.69) is 54.6 Å².